The third-order valence-corrected chi connectivity index (χ3v) is 4.74. The molecule has 144 valence electrons. The number of piperazine rings is 1. The molecule has 1 aliphatic rings. The van der Waals surface area contributed by atoms with Crippen molar-refractivity contribution in [1.82, 2.24) is 19.9 Å². The molecule has 1 amide bonds. The van der Waals surface area contributed by atoms with E-state index >= 15 is 0 Å². The lowest BCUT2D eigenvalue weighted by atomic mass is 10.2. The molecule has 0 N–H and O–H groups in total. The third-order valence-electron chi connectivity index (χ3n) is 4.74. The lowest BCUT2D eigenvalue weighted by molar-refractivity contribution is -0.130. The number of rotatable bonds is 4. The van der Waals surface area contributed by atoms with Crippen LogP contribution in [0.3, 0.4) is 0 Å². The van der Waals surface area contributed by atoms with Gasteiger partial charge in [0.2, 0.25) is 5.91 Å². The molecule has 1 fully saturated rings. The Morgan fingerprint density at radius 2 is 1.61 bits per heavy atom. The van der Waals surface area contributed by atoms with E-state index in [1.165, 1.54) is 23.0 Å². The Morgan fingerprint density at radius 1 is 0.929 bits per heavy atom. The van der Waals surface area contributed by atoms with Crippen molar-refractivity contribution in [3.8, 4) is 5.69 Å². The number of benzene rings is 2. The lowest BCUT2D eigenvalue weighted by Gasteiger charge is -2.36. The predicted molar refractivity (Wildman–Crippen MR) is 100 cm³/mol. The summed E-state index contributed by atoms with van der Waals surface area (Å²) < 4.78 is 27.9. The molecule has 1 aliphatic heterocycles. The average molecular weight is 383 g/mol. The fraction of sp³-hybridized carbons (Fsp3) is 0.250. The van der Waals surface area contributed by atoms with Crippen molar-refractivity contribution in [2.75, 3.05) is 31.1 Å². The molecule has 6 nitrogen and oxygen atoms in total. The molecule has 2 aromatic carbocycles. The van der Waals surface area contributed by atoms with E-state index < -0.39 is 11.6 Å². The van der Waals surface area contributed by atoms with Gasteiger partial charge in [0.25, 0.3) is 0 Å². The molecule has 0 radical (unpaired) electrons. The molecular weight excluding hydrogens is 364 g/mol. The molecule has 2 heterocycles. The Kier molecular flexibility index (Phi) is 5.01. The molecule has 0 saturated carbocycles. The number of hydrogen-bond acceptors (Lipinski definition) is 4. The van der Waals surface area contributed by atoms with Crippen molar-refractivity contribution in [2.45, 2.75) is 6.42 Å². The molecule has 4 rings (SSSR count). The number of hydrogen-bond donors (Lipinski definition) is 0. The molecular formula is C20H19F2N5O. The summed E-state index contributed by atoms with van der Waals surface area (Å²) in [5.74, 6) is -1.25. The maximum atomic E-state index is 13.9. The van der Waals surface area contributed by atoms with Crippen LogP contribution in [0.25, 0.3) is 5.69 Å². The standard InChI is InChI=1S/C20H19F2N5O/c21-17-7-4-8-18(22)20(17)26-11-9-25(10-12-26)19(28)13-15-14-23-27(24-15)16-5-2-1-3-6-16/h1-8,14H,9-13H2. The summed E-state index contributed by atoms with van der Waals surface area (Å²) in [4.78, 5) is 17.4. The molecule has 0 spiro atoms. The minimum absolute atomic E-state index is 0.0274. The van der Waals surface area contributed by atoms with Gasteiger partial charge in [-0.3, -0.25) is 4.79 Å². The SMILES string of the molecule is O=C(Cc1cnn(-c2ccccc2)n1)N1CCN(c2c(F)cccc2F)CC1. The molecule has 0 aliphatic carbocycles. The summed E-state index contributed by atoms with van der Waals surface area (Å²) in [6.45, 7) is 1.56. The van der Waals surface area contributed by atoms with E-state index in [9.17, 15) is 13.6 Å². The predicted octanol–water partition coefficient (Wildman–Crippen LogP) is 2.44. The first-order valence-electron chi connectivity index (χ1n) is 9.05. The van der Waals surface area contributed by atoms with Crippen LogP contribution in [-0.2, 0) is 11.2 Å². The Hall–Kier alpha value is -3.29. The highest BCUT2D eigenvalue weighted by Gasteiger charge is 2.25. The van der Waals surface area contributed by atoms with Gasteiger partial charge < -0.3 is 9.80 Å². The van der Waals surface area contributed by atoms with Gasteiger partial charge in [-0.25, -0.2) is 8.78 Å². The molecule has 8 heteroatoms. The molecule has 1 saturated heterocycles. The van der Waals surface area contributed by atoms with Gasteiger partial charge in [0.15, 0.2) is 0 Å². The van der Waals surface area contributed by atoms with E-state index in [0.29, 0.717) is 31.9 Å². The first-order valence-corrected chi connectivity index (χ1v) is 9.05. The fourth-order valence-corrected chi connectivity index (χ4v) is 3.30. The van der Waals surface area contributed by atoms with Crippen LogP contribution < -0.4 is 4.90 Å². The van der Waals surface area contributed by atoms with Gasteiger partial charge in [-0.2, -0.15) is 15.0 Å². The number of carbonyl (C=O) groups excluding carboxylic acids is 1. The van der Waals surface area contributed by atoms with Crippen molar-refractivity contribution < 1.29 is 13.6 Å². The summed E-state index contributed by atoms with van der Waals surface area (Å²) in [5, 5.41) is 8.55. The Bertz CT molecular complexity index is 947. The minimum atomic E-state index is -0.586. The van der Waals surface area contributed by atoms with E-state index in [1.807, 2.05) is 30.3 Å². The maximum absolute atomic E-state index is 13.9. The highest BCUT2D eigenvalue weighted by molar-refractivity contribution is 5.78. The quantitative estimate of drug-likeness (QED) is 0.695. The van der Waals surface area contributed by atoms with E-state index in [2.05, 4.69) is 10.2 Å². The smallest absolute Gasteiger partial charge is 0.228 e. The van der Waals surface area contributed by atoms with Crippen LogP contribution in [0.2, 0.25) is 0 Å². The third kappa shape index (κ3) is 3.71. The number of para-hydroxylation sites is 2. The van der Waals surface area contributed by atoms with E-state index in [4.69, 9.17) is 0 Å². The van der Waals surface area contributed by atoms with Crippen molar-refractivity contribution in [3.63, 3.8) is 0 Å². The van der Waals surface area contributed by atoms with Crippen LogP contribution in [-0.4, -0.2) is 52.0 Å². The summed E-state index contributed by atoms with van der Waals surface area (Å²) in [6, 6.07) is 13.3. The van der Waals surface area contributed by atoms with Crippen LogP contribution in [0, 0.1) is 11.6 Å². The fourth-order valence-electron chi connectivity index (χ4n) is 3.30. The van der Waals surface area contributed by atoms with Gasteiger partial charge in [0, 0.05) is 26.2 Å². The Labute approximate surface area is 161 Å². The number of halogens is 2. The normalized spacial score (nSPS) is 14.4. The monoisotopic (exact) mass is 383 g/mol. The Morgan fingerprint density at radius 3 is 2.29 bits per heavy atom. The van der Waals surface area contributed by atoms with Gasteiger partial charge in [0.1, 0.15) is 17.3 Å². The van der Waals surface area contributed by atoms with Crippen molar-refractivity contribution in [1.29, 1.82) is 0 Å². The van der Waals surface area contributed by atoms with Gasteiger partial charge in [-0.05, 0) is 24.3 Å². The zero-order valence-electron chi connectivity index (χ0n) is 15.1. The maximum Gasteiger partial charge on any atom is 0.228 e. The first kappa shape index (κ1) is 18.1. The van der Waals surface area contributed by atoms with E-state index in [0.717, 1.165) is 5.69 Å². The second-order valence-corrected chi connectivity index (χ2v) is 6.58. The first-order chi connectivity index (χ1) is 13.6. The molecule has 3 aromatic rings. The lowest BCUT2D eigenvalue weighted by Crippen LogP contribution is -2.49. The van der Waals surface area contributed by atoms with Gasteiger partial charge >= 0.3 is 0 Å². The summed E-state index contributed by atoms with van der Waals surface area (Å²) >= 11 is 0. The number of amides is 1. The Balaban J connectivity index is 1.37. The summed E-state index contributed by atoms with van der Waals surface area (Å²) in [5.41, 5.74) is 1.37. The highest BCUT2D eigenvalue weighted by Crippen LogP contribution is 2.24. The van der Waals surface area contributed by atoms with Crippen molar-refractivity contribution in [2.24, 2.45) is 0 Å². The van der Waals surface area contributed by atoms with Crippen LogP contribution in [0.1, 0.15) is 5.69 Å². The number of anilines is 1. The van der Waals surface area contributed by atoms with Crippen LogP contribution in [0.5, 0.6) is 0 Å². The molecule has 28 heavy (non-hydrogen) atoms. The van der Waals surface area contributed by atoms with Gasteiger partial charge in [0.05, 0.1) is 24.0 Å². The number of nitrogens with zero attached hydrogens (tertiary/aromatic N) is 5. The topological polar surface area (TPSA) is 54.3 Å². The van der Waals surface area contributed by atoms with E-state index in [-0.39, 0.29) is 18.0 Å². The molecule has 1 aromatic heterocycles. The highest BCUT2D eigenvalue weighted by atomic mass is 19.1. The van der Waals surface area contributed by atoms with Crippen LogP contribution in [0.4, 0.5) is 14.5 Å². The van der Waals surface area contributed by atoms with Crippen molar-refractivity contribution >= 4 is 11.6 Å². The van der Waals surface area contributed by atoms with Gasteiger partial charge in [-0.1, -0.05) is 24.3 Å². The molecule has 0 unspecified atom stereocenters. The zero-order chi connectivity index (χ0) is 19.5. The summed E-state index contributed by atoms with van der Waals surface area (Å²) in [6.07, 6.45) is 1.72. The zero-order valence-corrected chi connectivity index (χ0v) is 15.1. The van der Waals surface area contributed by atoms with Crippen molar-refractivity contribution in [3.05, 3.63) is 72.1 Å². The number of aromatic nitrogens is 3. The average Bonchev–Trinajstić information content (AvgIpc) is 3.17. The largest absolute Gasteiger partial charge is 0.363 e. The van der Waals surface area contributed by atoms with Gasteiger partial charge in [-0.15, -0.1) is 0 Å². The minimum Gasteiger partial charge on any atom is -0.363 e. The molecule has 0 bridgehead atoms. The van der Waals surface area contributed by atoms with Crippen LogP contribution in [0.15, 0.2) is 54.7 Å². The van der Waals surface area contributed by atoms with E-state index in [1.54, 1.807) is 16.0 Å². The number of carbonyl (C=O) groups is 1. The second-order valence-electron chi connectivity index (χ2n) is 6.58. The van der Waals surface area contributed by atoms with Crippen LogP contribution >= 0.6 is 0 Å². The summed E-state index contributed by atoms with van der Waals surface area (Å²) in [7, 11) is 0. The molecule has 0 atom stereocenters. The second kappa shape index (κ2) is 7.75.